The zero-order chi connectivity index (χ0) is 24.4. The molecule has 3 aliphatic carbocycles. The number of hydrogen-bond donors (Lipinski definition) is 0. The van der Waals surface area contributed by atoms with E-state index < -0.39 is 0 Å². The van der Waals surface area contributed by atoms with Crippen LogP contribution >= 0.6 is 0 Å². The van der Waals surface area contributed by atoms with E-state index in [9.17, 15) is 14.0 Å². The Morgan fingerprint density at radius 2 is 1.78 bits per heavy atom. The van der Waals surface area contributed by atoms with Crippen molar-refractivity contribution in [1.29, 1.82) is 0 Å². The summed E-state index contributed by atoms with van der Waals surface area (Å²) in [6, 6.07) is 5.52. The topological polar surface area (TPSA) is 59.1 Å². The number of nitrogens with zero attached hydrogens (tertiary/aromatic N) is 2. The molecule has 3 heterocycles. The van der Waals surface area contributed by atoms with Gasteiger partial charge >= 0.3 is 5.97 Å². The van der Waals surface area contributed by atoms with Crippen molar-refractivity contribution in [3.8, 4) is 0 Å². The van der Waals surface area contributed by atoms with Crippen molar-refractivity contribution in [3.05, 3.63) is 29.6 Å². The summed E-state index contributed by atoms with van der Waals surface area (Å²) in [5.74, 6) is 1.11. The highest BCUT2D eigenvalue weighted by molar-refractivity contribution is 5.99. The fourth-order valence-electron chi connectivity index (χ4n) is 8.16. The van der Waals surface area contributed by atoms with E-state index in [0.717, 1.165) is 82.1 Å². The number of rotatable bonds is 4. The predicted molar refractivity (Wildman–Crippen MR) is 132 cm³/mol. The Morgan fingerprint density at radius 3 is 2.44 bits per heavy atom. The van der Waals surface area contributed by atoms with Gasteiger partial charge in [-0.25, -0.2) is 4.39 Å². The third kappa shape index (κ3) is 3.89. The summed E-state index contributed by atoms with van der Waals surface area (Å²) in [6.07, 6.45) is 9.05. The Labute approximate surface area is 212 Å². The second-order valence-corrected chi connectivity index (χ2v) is 12.3. The number of carbonyl (C=O) groups is 2. The average Bonchev–Trinajstić information content (AvgIpc) is 3.44. The summed E-state index contributed by atoms with van der Waals surface area (Å²) >= 11 is 0. The zero-order valence-corrected chi connectivity index (χ0v) is 21.0. The number of carbonyl (C=O) groups excluding carboxylic acids is 2. The van der Waals surface area contributed by atoms with Crippen LogP contribution in [0.2, 0.25) is 0 Å². The molecule has 2 bridgehead atoms. The lowest BCUT2D eigenvalue weighted by Crippen LogP contribution is -2.51. The normalized spacial score (nSPS) is 35.2. The van der Waals surface area contributed by atoms with E-state index in [-0.39, 0.29) is 41.0 Å². The molecule has 6 aliphatic rings. The summed E-state index contributed by atoms with van der Waals surface area (Å²) in [5, 5.41) is 0. The third-order valence-corrected chi connectivity index (χ3v) is 10.3. The Kier molecular flexibility index (Phi) is 5.66. The van der Waals surface area contributed by atoms with Gasteiger partial charge in [0, 0.05) is 36.0 Å². The molecule has 5 fully saturated rings. The van der Waals surface area contributed by atoms with E-state index in [1.807, 2.05) is 11.0 Å². The molecule has 0 radical (unpaired) electrons. The lowest BCUT2D eigenvalue weighted by Gasteiger charge is -2.46. The number of halogens is 1. The first-order valence-corrected chi connectivity index (χ1v) is 14.1. The lowest BCUT2D eigenvalue weighted by atomic mass is 9.72. The maximum Gasteiger partial charge on any atom is 0.309 e. The fourth-order valence-corrected chi connectivity index (χ4v) is 8.16. The monoisotopic (exact) mass is 496 g/mol. The quantitative estimate of drug-likeness (QED) is 0.589. The van der Waals surface area contributed by atoms with Gasteiger partial charge in [-0.05, 0) is 100 Å². The Balaban J connectivity index is 1.02. The van der Waals surface area contributed by atoms with Crippen LogP contribution in [0, 0.1) is 29.5 Å². The number of ether oxygens (including phenoxy) is 2. The molecule has 7 rings (SSSR count). The van der Waals surface area contributed by atoms with Gasteiger partial charge in [0.2, 0.25) is 5.91 Å². The van der Waals surface area contributed by atoms with Crippen molar-refractivity contribution in [3.63, 3.8) is 0 Å². The molecule has 3 atom stereocenters. The van der Waals surface area contributed by atoms with Crippen LogP contribution in [0.15, 0.2) is 18.2 Å². The van der Waals surface area contributed by atoms with Gasteiger partial charge in [0.1, 0.15) is 11.9 Å². The first kappa shape index (κ1) is 23.2. The van der Waals surface area contributed by atoms with E-state index in [1.54, 1.807) is 6.07 Å². The molecule has 7 heteroatoms. The van der Waals surface area contributed by atoms with E-state index >= 15 is 0 Å². The minimum absolute atomic E-state index is 0.0130. The first-order chi connectivity index (χ1) is 17.5. The molecule has 194 valence electrons. The molecule has 1 aromatic rings. The maximum absolute atomic E-state index is 14.3. The second-order valence-electron chi connectivity index (χ2n) is 12.3. The molecular formula is C29H37FN2O4. The molecule has 1 spiro atoms. The van der Waals surface area contributed by atoms with Gasteiger partial charge in [0.25, 0.3) is 0 Å². The SMILES string of the molecule is O=C(O[C@@H]1CCOC1)C1C2CCC1CC(N1CCC3(CC1)CN(C(=O)C1CC1)c1ccc(F)cc13)C2. The van der Waals surface area contributed by atoms with Gasteiger partial charge in [-0.3, -0.25) is 9.59 Å². The van der Waals surface area contributed by atoms with Crippen LogP contribution < -0.4 is 4.90 Å². The predicted octanol–water partition coefficient (Wildman–Crippen LogP) is 4.05. The summed E-state index contributed by atoms with van der Waals surface area (Å²) < 4.78 is 25.5. The smallest absolute Gasteiger partial charge is 0.309 e. The molecule has 3 aliphatic heterocycles. The minimum atomic E-state index is -0.206. The molecule has 36 heavy (non-hydrogen) atoms. The van der Waals surface area contributed by atoms with E-state index in [0.29, 0.717) is 37.6 Å². The highest BCUT2D eigenvalue weighted by Crippen LogP contribution is 2.52. The van der Waals surface area contributed by atoms with Gasteiger partial charge < -0.3 is 19.3 Å². The van der Waals surface area contributed by atoms with Crippen molar-refractivity contribution in [1.82, 2.24) is 4.90 Å². The van der Waals surface area contributed by atoms with Gasteiger partial charge in [0.05, 0.1) is 19.1 Å². The molecule has 3 saturated carbocycles. The molecule has 0 aromatic heterocycles. The Bertz CT molecular complexity index is 1030. The van der Waals surface area contributed by atoms with Gasteiger partial charge in [-0.2, -0.15) is 0 Å². The molecular weight excluding hydrogens is 459 g/mol. The van der Waals surface area contributed by atoms with E-state index in [1.165, 1.54) is 6.07 Å². The zero-order valence-electron chi connectivity index (χ0n) is 21.0. The third-order valence-electron chi connectivity index (χ3n) is 10.3. The van der Waals surface area contributed by atoms with Crippen LogP contribution in [0.3, 0.4) is 0 Å². The Morgan fingerprint density at radius 1 is 1.03 bits per heavy atom. The number of amides is 1. The van der Waals surface area contributed by atoms with Crippen molar-refractivity contribution in [2.75, 3.05) is 37.7 Å². The molecule has 1 aromatic carbocycles. The van der Waals surface area contributed by atoms with Crippen LogP contribution in [0.5, 0.6) is 0 Å². The number of benzene rings is 1. The summed E-state index contributed by atoms with van der Waals surface area (Å²) in [5.41, 5.74) is 1.84. The van der Waals surface area contributed by atoms with Gasteiger partial charge in [-0.15, -0.1) is 0 Å². The molecule has 0 N–H and O–H groups in total. The molecule has 6 nitrogen and oxygen atoms in total. The first-order valence-electron chi connectivity index (χ1n) is 14.1. The van der Waals surface area contributed by atoms with Crippen LogP contribution in [0.1, 0.15) is 63.4 Å². The second kappa shape index (κ2) is 8.80. The van der Waals surface area contributed by atoms with Crippen molar-refractivity contribution in [2.45, 2.75) is 75.3 Å². The van der Waals surface area contributed by atoms with Crippen molar-refractivity contribution in [2.24, 2.45) is 23.7 Å². The van der Waals surface area contributed by atoms with Crippen molar-refractivity contribution >= 4 is 17.6 Å². The lowest BCUT2D eigenvalue weighted by molar-refractivity contribution is -0.159. The van der Waals surface area contributed by atoms with Crippen LogP contribution in [0.4, 0.5) is 10.1 Å². The summed E-state index contributed by atoms with van der Waals surface area (Å²) in [6.45, 7) is 3.88. The summed E-state index contributed by atoms with van der Waals surface area (Å²) in [4.78, 5) is 30.6. The van der Waals surface area contributed by atoms with Gasteiger partial charge in [0.15, 0.2) is 0 Å². The average molecular weight is 497 g/mol. The minimum Gasteiger partial charge on any atom is -0.460 e. The van der Waals surface area contributed by atoms with Gasteiger partial charge in [-0.1, -0.05) is 0 Å². The standard InChI is InChI=1S/C29H37FN2O4/c30-21-5-6-25-24(15-21)29(17-32(25)27(33)18-1-2-18)8-10-31(11-9-29)22-13-19-3-4-20(14-22)26(19)28(34)36-23-7-12-35-16-23/h5-6,15,18-20,22-23,26H,1-4,7-14,16-17H2/t19?,20?,22?,23-,26?/m1/s1. The molecule has 1 amide bonds. The molecule has 2 saturated heterocycles. The highest BCUT2D eigenvalue weighted by atomic mass is 19.1. The van der Waals surface area contributed by atoms with Crippen molar-refractivity contribution < 1.29 is 23.5 Å². The number of anilines is 1. The Hall–Kier alpha value is -1.99. The maximum atomic E-state index is 14.3. The highest BCUT2D eigenvalue weighted by Gasteiger charge is 2.52. The van der Waals surface area contributed by atoms with E-state index in [4.69, 9.17) is 9.47 Å². The van der Waals surface area contributed by atoms with Crippen LogP contribution in [0.25, 0.3) is 0 Å². The number of hydrogen-bond acceptors (Lipinski definition) is 5. The number of piperidine rings is 1. The number of esters is 1. The van der Waals surface area contributed by atoms with E-state index in [2.05, 4.69) is 4.90 Å². The fraction of sp³-hybridized carbons (Fsp3) is 0.724. The number of fused-ring (bicyclic) bond motifs is 4. The van der Waals surface area contributed by atoms with Crippen LogP contribution in [-0.4, -0.2) is 61.8 Å². The summed E-state index contributed by atoms with van der Waals surface area (Å²) in [7, 11) is 0. The number of likely N-dealkylation sites (tertiary alicyclic amines) is 1. The molecule has 2 unspecified atom stereocenters. The largest absolute Gasteiger partial charge is 0.460 e. The van der Waals surface area contributed by atoms with Crippen LogP contribution in [-0.2, 0) is 24.5 Å².